The molecule has 0 spiro atoms. The second-order valence-corrected chi connectivity index (χ2v) is 7.37. The molecule has 2 rings (SSSR count). The molecule has 0 aromatic carbocycles. The molecular formula is C16H24N2O3S. The summed E-state index contributed by atoms with van der Waals surface area (Å²) < 4.78 is 5.11. The monoisotopic (exact) mass is 324 g/mol. The number of esters is 1. The van der Waals surface area contributed by atoms with Gasteiger partial charge in [-0.3, -0.25) is 4.79 Å². The number of carbonyl (C=O) groups is 2. The summed E-state index contributed by atoms with van der Waals surface area (Å²) >= 11 is 1.29. The SMILES string of the molecule is Cc1nc(C)c(C(=O)OCC(=O)NC2CCCC(C)C2C)s1. The fourth-order valence-electron chi connectivity index (χ4n) is 2.95. The quantitative estimate of drug-likeness (QED) is 0.865. The predicted molar refractivity (Wildman–Crippen MR) is 86.0 cm³/mol. The van der Waals surface area contributed by atoms with Gasteiger partial charge < -0.3 is 10.1 Å². The lowest BCUT2D eigenvalue weighted by atomic mass is 9.78. The summed E-state index contributed by atoms with van der Waals surface area (Å²) in [6, 6.07) is 0.183. The number of hydrogen-bond acceptors (Lipinski definition) is 5. The second-order valence-electron chi connectivity index (χ2n) is 6.16. The molecule has 3 unspecified atom stereocenters. The zero-order chi connectivity index (χ0) is 16.3. The number of ether oxygens (including phenoxy) is 1. The van der Waals surface area contributed by atoms with Crippen LogP contribution in [0.25, 0.3) is 0 Å². The normalized spacial score (nSPS) is 24.8. The van der Waals surface area contributed by atoms with Gasteiger partial charge in [0.1, 0.15) is 4.88 Å². The first kappa shape index (κ1) is 16.9. The van der Waals surface area contributed by atoms with Gasteiger partial charge in [-0.1, -0.05) is 26.7 Å². The Morgan fingerprint density at radius 1 is 1.32 bits per heavy atom. The highest BCUT2D eigenvalue weighted by atomic mass is 32.1. The summed E-state index contributed by atoms with van der Waals surface area (Å²) in [6.45, 7) is 7.77. The lowest BCUT2D eigenvalue weighted by Crippen LogP contribution is -2.45. The summed E-state index contributed by atoms with van der Waals surface area (Å²) in [5.74, 6) is 0.380. The van der Waals surface area contributed by atoms with Crippen LogP contribution in [0.3, 0.4) is 0 Å². The highest BCUT2D eigenvalue weighted by molar-refractivity contribution is 7.13. The van der Waals surface area contributed by atoms with Crippen LogP contribution in [0.15, 0.2) is 0 Å². The van der Waals surface area contributed by atoms with Crippen molar-refractivity contribution in [1.29, 1.82) is 0 Å². The molecule has 1 aliphatic carbocycles. The molecule has 1 aromatic heterocycles. The summed E-state index contributed by atoms with van der Waals surface area (Å²) in [6.07, 6.45) is 3.35. The number of rotatable bonds is 4. The fraction of sp³-hybridized carbons (Fsp3) is 0.688. The minimum absolute atomic E-state index is 0.183. The summed E-state index contributed by atoms with van der Waals surface area (Å²) in [5.41, 5.74) is 0.655. The second kappa shape index (κ2) is 7.22. The van der Waals surface area contributed by atoms with Crippen LogP contribution in [0.5, 0.6) is 0 Å². The van der Waals surface area contributed by atoms with E-state index in [2.05, 4.69) is 24.1 Å². The maximum absolute atomic E-state index is 12.0. The van der Waals surface area contributed by atoms with Crippen molar-refractivity contribution in [3.8, 4) is 0 Å². The number of nitrogens with zero attached hydrogens (tertiary/aromatic N) is 1. The van der Waals surface area contributed by atoms with Crippen LogP contribution >= 0.6 is 11.3 Å². The lowest BCUT2D eigenvalue weighted by Gasteiger charge is -2.34. The van der Waals surface area contributed by atoms with Crippen molar-refractivity contribution in [3.05, 3.63) is 15.6 Å². The van der Waals surface area contributed by atoms with E-state index in [0.717, 1.165) is 17.8 Å². The molecule has 0 radical (unpaired) electrons. The highest BCUT2D eigenvalue weighted by Gasteiger charge is 2.28. The van der Waals surface area contributed by atoms with Crippen LogP contribution in [0, 0.1) is 25.7 Å². The fourth-order valence-corrected chi connectivity index (χ4v) is 3.77. The Kier molecular flexibility index (Phi) is 5.56. The molecule has 122 valence electrons. The minimum atomic E-state index is -0.469. The molecular weight excluding hydrogens is 300 g/mol. The van der Waals surface area contributed by atoms with E-state index in [1.165, 1.54) is 17.8 Å². The first-order valence-corrected chi connectivity index (χ1v) is 8.60. The van der Waals surface area contributed by atoms with Crippen LogP contribution < -0.4 is 5.32 Å². The molecule has 1 aromatic rings. The predicted octanol–water partition coefficient (Wildman–Crippen LogP) is 2.86. The van der Waals surface area contributed by atoms with E-state index < -0.39 is 5.97 Å². The number of amides is 1. The van der Waals surface area contributed by atoms with Crippen LogP contribution in [-0.4, -0.2) is 29.5 Å². The van der Waals surface area contributed by atoms with E-state index in [1.807, 2.05) is 6.92 Å². The Labute approximate surface area is 135 Å². The Balaban J connectivity index is 1.82. The Morgan fingerprint density at radius 3 is 2.68 bits per heavy atom. The molecule has 0 aliphatic heterocycles. The van der Waals surface area contributed by atoms with Gasteiger partial charge in [-0.05, 0) is 32.1 Å². The number of nitrogens with one attached hydrogen (secondary N) is 1. The van der Waals surface area contributed by atoms with E-state index in [1.54, 1.807) is 6.92 Å². The molecule has 1 heterocycles. The van der Waals surface area contributed by atoms with Gasteiger partial charge in [0.05, 0.1) is 10.7 Å². The number of aryl methyl sites for hydroxylation is 2. The standard InChI is InChI=1S/C16H24N2O3S/c1-9-6-5-7-13(10(9)2)18-14(19)8-21-16(20)15-11(3)17-12(4)22-15/h9-10,13H,5-8H2,1-4H3,(H,18,19). The summed E-state index contributed by atoms with van der Waals surface area (Å²) in [4.78, 5) is 28.6. The van der Waals surface area contributed by atoms with Gasteiger partial charge in [0.2, 0.25) is 0 Å². The van der Waals surface area contributed by atoms with E-state index >= 15 is 0 Å². The summed E-state index contributed by atoms with van der Waals surface area (Å²) in [7, 11) is 0. The Hall–Kier alpha value is -1.43. The van der Waals surface area contributed by atoms with Crippen molar-refractivity contribution < 1.29 is 14.3 Å². The van der Waals surface area contributed by atoms with Crippen molar-refractivity contribution in [2.24, 2.45) is 11.8 Å². The van der Waals surface area contributed by atoms with Crippen molar-refractivity contribution in [3.63, 3.8) is 0 Å². The smallest absolute Gasteiger partial charge is 0.350 e. The number of hydrogen-bond donors (Lipinski definition) is 1. The van der Waals surface area contributed by atoms with Crippen molar-refractivity contribution >= 4 is 23.2 Å². The zero-order valence-corrected chi connectivity index (χ0v) is 14.5. The van der Waals surface area contributed by atoms with E-state index in [0.29, 0.717) is 22.4 Å². The molecule has 3 atom stereocenters. The average Bonchev–Trinajstić information content (AvgIpc) is 2.80. The summed E-state index contributed by atoms with van der Waals surface area (Å²) in [5, 5.41) is 3.82. The van der Waals surface area contributed by atoms with Crippen molar-refractivity contribution in [1.82, 2.24) is 10.3 Å². The highest BCUT2D eigenvalue weighted by Crippen LogP contribution is 2.29. The molecule has 6 heteroatoms. The topological polar surface area (TPSA) is 68.3 Å². The number of aromatic nitrogens is 1. The zero-order valence-electron chi connectivity index (χ0n) is 13.6. The molecule has 22 heavy (non-hydrogen) atoms. The maximum atomic E-state index is 12.0. The van der Waals surface area contributed by atoms with Crippen LogP contribution in [0.2, 0.25) is 0 Å². The van der Waals surface area contributed by atoms with Crippen LogP contribution in [0.1, 0.15) is 53.5 Å². The van der Waals surface area contributed by atoms with Gasteiger partial charge in [0, 0.05) is 6.04 Å². The molecule has 5 nitrogen and oxygen atoms in total. The van der Waals surface area contributed by atoms with E-state index in [4.69, 9.17) is 4.74 Å². The van der Waals surface area contributed by atoms with Crippen LogP contribution in [-0.2, 0) is 9.53 Å². The van der Waals surface area contributed by atoms with E-state index in [9.17, 15) is 9.59 Å². The van der Waals surface area contributed by atoms with Gasteiger partial charge in [0.15, 0.2) is 6.61 Å². The molecule has 0 bridgehead atoms. The van der Waals surface area contributed by atoms with Gasteiger partial charge in [-0.2, -0.15) is 0 Å². The van der Waals surface area contributed by atoms with Crippen molar-refractivity contribution in [2.45, 2.75) is 53.0 Å². The minimum Gasteiger partial charge on any atom is -0.451 e. The Bertz CT molecular complexity index is 556. The Morgan fingerprint density at radius 2 is 2.05 bits per heavy atom. The number of thiazole rings is 1. The first-order valence-electron chi connectivity index (χ1n) is 7.79. The molecule has 1 N–H and O–H groups in total. The van der Waals surface area contributed by atoms with Gasteiger partial charge in [0.25, 0.3) is 5.91 Å². The third-order valence-corrected chi connectivity index (χ3v) is 5.53. The third-order valence-electron chi connectivity index (χ3n) is 4.48. The lowest BCUT2D eigenvalue weighted by molar-refractivity contribution is -0.125. The van der Waals surface area contributed by atoms with Gasteiger partial charge in [-0.15, -0.1) is 11.3 Å². The van der Waals surface area contributed by atoms with Gasteiger partial charge >= 0.3 is 5.97 Å². The molecule has 0 saturated heterocycles. The average molecular weight is 324 g/mol. The first-order chi connectivity index (χ1) is 10.4. The largest absolute Gasteiger partial charge is 0.451 e. The van der Waals surface area contributed by atoms with Crippen molar-refractivity contribution in [2.75, 3.05) is 6.61 Å². The maximum Gasteiger partial charge on any atom is 0.350 e. The van der Waals surface area contributed by atoms with E-state index in [-0.39, 0.29) is 18.6 Å². The third kappa shape index (κ3) is 4.06. The van der Waals surface area contributed by atoms with Crippen LogP contribution in [0.4, 0.5) is 0 Å². The molecule has 1 fully saturated rings. The number of carbonyl (C=O) groups excluding carboxylic acids is 2. The molecule has 1 aliphatic rings. The van der Waals surface area contributed by atoms with Gasteiger partial charge in [-0.25, -0.2) is 9.78 Å². The molecule has 1 amide bonds. The molecule has 1 saturated carbocycles.